The highest BCUT2D eigenvalue weighted by molar-refractivity contribution is 5.78. The molecule has 0 saturated heterocycles. The third-order valence-corrected chi connectivity index (χ3v) is 11.4. The van der Waals surface area contributed by atoms with Gasteiger partial charge in [-0.25, -0.2) is 0 Å². The van der Waals surface area contributed by atoms with E-state index >= 15 is 0 Å². The van der Waals surface area contributed by atoms with Crippen LogP contribution in [0.2, 0.25) is 0 Å². The van der Waals surface area contributed by atoms with Crippen LogP contribution in [0.5, 0.6) is 0 Å². The van der Waals surface area contributed by atoms with Gasteiger partial charge in [-0.05, 0) is 24.7 Å². The number of hydrogen-bond acceptors (Lipinski definition) is 2. The van der Waals surface area contributed by atoms with Crippen LogP contribution in [-0.2, 0) is 9.59 Å². The standard InChI is InChI=1S/C46H90O2/c1-5-9-11-13-19-25-31-37-43(39-33-27-21-15-17-23-29-35-41-45(47)7-3)44(38-32-26-20-14-12-10-6-2)40-34-28-22-16-18-24-30-36-42-46(48)8-4/h43-44H,5-42H2,1-4H3. The molecule has 2 nitrogen and oxygen atoms in total. The summed E-state index contributed by atoms with van der Waals surface area (Å²) in [4.78, 5) is 23.1. The molecular formula is C46H90O2. The molecular weight excluding hydrogens is 585 g/mol. The summed E-state index contributed by atoms with van der Waals surface area (Å²) in [5, 5.41) is 0. The van der Waals surface area contributed by atoms with Gasteiger partial charge in [0.2, 0.25) is 0 Å². The van der Waals surface area contributed by atoms with Crippen LogP contribution in [0, 0.1) is 11.8 Å². The van der Waals surface area contributed by atoms with Crippen molar-refractivity contribution in [2.75, 3.05) is 0 Å². The average Bonchev–Trinajstić information content (AvgIpc) is 3.10. The highest BCUT2D eigenvalue weighted by Gasteiger charge is 2.20. The monoisotopic (exact) mass is 675 g/mol. The summed E-state index contributed by atoms with van der Waals surface area (Å²) in [5.41, 5.74) is 0. The van der Waals surface area contributed by atoms with Crippen LogP contribution >= 0.6 is 0 Å². The quantitative estimate of drug-likeness (QED) is 0.0605. The predicted molar refractivity (Wildman–Crippen MR) is 215 cm³/mol. The van der Waals surface area contributed by atoms with E-state index in [4.69, 9.17) is 0 Å². The smallest absolute Gasteiger partial charge is 0.132 e. The van der Waals surface area contributed by atoms with Gasteiger partial charge >= 0.3 is 0 Å². The first-order valence-electron chi connectivity index (χ1n) is 22.6. The average molecular weight is 675 g/mol. The predicted octanol–water partition coefficient (Wildman–Crippen LogP) is 16.3. The molecule has 0 aromatic rings. The van der Waals surface area contributed by atoms with Crippen molar-refractivity contribution in [3.8, 4) is 0 Å². The minimum Gasteiger partial charge on any atom is -0.300 e. The summed E-state index contributed by atoms with van der Waals surface area (Å²) in [7, 11) is 0. The zero-order valence-corrected chi connectivity index (χ0v) is 33.8. The molecule has 0 radical (unpaired) electrons. The van der Waals surface area contributed by atoms with Crippen LogP contribution < -0.4 is 0 Å². The number of unbranched alkanes of at least 4 members (excludes halogenated alkanes) is 26. The Hall–Kier alpha value is -0.660. The largest absolute Gasteiger partial charge is 0.300 e. The van der Waals surface area contributed by atoms with Crippen LogP contribution in [0.1, 0.15) is 272 Å². The Morgan fingerprint density at radius 1 is 0.292 bits per heavy atom. The minimum absolute atomic E-state index is 0.440. The van der Waals surface area contributed by atoms with Crippen molar-refractivity contribution in [1.82, 2.24) is 0 Å². The highest BCUT2D eigenvalue weighted by atomic mass is 16.1. The molecule has 0 amide bonds. The maximum Gasteiger partial charge on any atom is 0.132 e. The Bertz CT molecular complexity index is 598. The van der Waals surface area contributed by atoms with Crippen molar-refractivity contribution in [2.45, 2.75) is 272 Å². The van der Waals surface area contributed by atoms with Gasteiger partial charge in [0, 0.05) is 25.7 Å². The van der Waals surface area contributed by atoms with E-state index in [2.05, 4.69) is 13.8 Å². The molecule has 0 fully saturated rings. The summed E-state index contributed by atoms with van der Waals surface area (Å²) < 4.78 is 0. The van der Waals surface area contributed by atoms with E-state index in [9.17, 15) is 9.59 Å². The molecule has 0 spiro atoms. The Labute approximate surface area is 303 Å². The minimum atomic E-state index is 0.440. The Morgan fingerprint density at radius 2 is 0.500 bits per heavy atom. The second-order valence-corrected chi connectivity index (χ2v) is 15.9. The Morgan fingerprint density at radius 3 is 0.729 bits per heavy atom. The van der Waals surface area contributed by atoms with Gasteiger partial charge < -0.3 is 0 Å². The van der Waals surface area contributed by atoms with Crippen LogP contribution in [0.25, 0.3) is 0 Å². The maximum absolute atomic E-state index is 11.5. The van der Waals surface area contributed by atoms with Crippen molar-refractivity contribution in [3.05, 3.63) is 0 Å². The molecule has 0 saturated carbocycles. The molecule has 0 aliphatic carbocycles. The molecule has 0 bridgehead atoms. The van der Waals surface area contributed by atoms with Gasteiger partial charge in [-0.2, -0.15) is 0 Å². The molecule has 0 aromatic heterocycles. The summed E-state index contributed by atoms with van der Waals surface area (Å²) in [6, 6.07) is 0. The fourth-order valence-electron chi connectivity index (χ4n) is 7.89. The molecule has 0 aromatic carbocycles. The zero-order chi connectivity index (χ0) is 35.2. The van der Waals surface area contributed by atoms with E-state index in [1.54, 1.807) is 0 Å². The van der Waals surface area contributed by atoms with Crippen LogP contribution in [0.4, 0.5) is 0 Å². The van der Waals surface area contributed by atoms with Gasteiger partial charge in [-0.3, -0.25) is 9.59 Å². The van der Waals surface area contributed by atoms with Crippen molar-refractivity contribution < 1.29 is 9.59 Å². The van der Waals surface area contributed by atoms with Gasteiger partial charge in [0.15, 0.2) is 0 Å². The number of carbonyl (C=O) groups is 2. The first kappa shape index (κ1) is 47.3. The number of carbonyl (C=O) groups excluding carboxylic acids is 2. The van der Waals surface area contributed by atoms with Crippen LogP contribution in [-0.4, -0.2) is 11.6 Å². The lowest BCUT2D eigenvalue weighted by Crippen LogP contribution is -2.16. The lowest BCUT2D eigenvalue weighted by molar-refractivity contribution is -0.119. The first-order valence-corrected chi connectivity index (χ1v) is 22.6. The fraction of sp³-hybridized carbons (Fsp3) is 0.957. The summed E-state index contributed by atoms with van der Waals surface area (Å²) in [6.45, 7) is 8.64. The lowest BCUT2D eigenvalue weighted by Gasteiger charge is -2.28. The van der Waals surface area contributed by atoms with E-state index in [0.717, 1.165) is 37.5 Å². The molecule has 286 valence electrons. The van der Waals surface area contributed by atoms with Gasteiger partial charge in [0.05, 0.1) is 0 Å². The highest BCUT2D eigenvalue weighted by Crippen LogP contribution is 2.34. The molecule has 48 heavy (non-hydrogen) atoms. The van der Waals surface area contributed by atoms with Crippen LogP contribution in [0.3, 0.4) is 0 Å². The van der Waals surface area contributed by atoms with Gasteiger partial charge in [-0.1, -0.05) is 233 Å². The van der Waals surface area contributed by atoms with Crippen molar-refractivity contribution in [3.63, 3.8) is 0 Å². The third kappa shape index (κ3) is 33.8. The van der Waals surface area contributed by atoms with Crippen molar-refractivity contribution in [1.29, 1.82) is 0 Å². The van der Waals surface area contributed by atoms with Crippen molar-refractivity contribution >= 4 is 11.6 Å². The van der Waals surface area contributed by atoms with Gasteiger partial charge in [0.25, 0.3) is 0 Å². The molecule has 0 N–H and O–H groups in total. The molecule has 0 rings (SSSR count). The fourth-order valence-corrected chi connectivity index (χ4v) is 7.89. The number of rotatable bonds is 41. The Balaban J connectivity index is 4.74. The normalized spacial score (nSPS) is 12.8. The summed E-state index contributed by atoms with van der Waals surface area (Å²) >= 11 is 0. The Kier molecular flexibility index (Phi) is 38.6. The molecule has 2 heteroatoms. The van der Waals surface area contributed by atoms with E-state index in [1.165, 1.54) is 205 Å². The van der Waals surface area contributed by atoms with Crippen LogP contribution in [0.15, 0.2) is 0 Å². The van der Waals surface area contributed by atoms with Gasteiger partial charge in [-0.15, -0.1) is 0 Å². The molecule has 2 unspecified atom stereocenters. The number of hydrogen-bond donors (Lipinski definition) is 0. The topological polar surface area (TPSA) is 34.1 Å². The second-order valence-electron chi connectivity index (χ2n) is 15.9. The lowest BCUT2D eigenvalue weighted by atomic mass is 9.78. The first-order chi connectivity index (χ1) is 23.6. The SMILES string of the molecule is CCCCCCCCCC(CCCCCCCCCCC(=O)CC)C(CCCCCCCCC)CCCCCCCCCCC(=O)CC. The summed E-state index contributed by atoms with van der Waals surface area (Å²) in [6.07, 6.45) is 50.5. The van der Waals surface area contributed by atoms with E-state index in [1.807, 2.05) is 13.8 Å². The van der Waals surface area contributed by atoms with E-state index in [-0.39, 0.29) is 0 Å². The maximum atomic E-state index is 11.5. The molecule has 0 aliphatic rings. The number of ketones is 2. The zero-order valence-electron chi connectivity index (χ0n) is 33.8. The second kappa shape index (κ2) is 39.1. The molecule has 0 heterocycles. The van der Waals surface area contributed by atoms with E-state index < -0.39 is 0 Å². The summed E-state index contributed by atoms with van der Waals surface area (Å²) in [5.74, 6) is 2.80. The van der Waals surface area contributed by atoms with Crippen molar-refractivity contribution in [2.24, 2.45) is 11.8 Å². The molecule has 2 atom stereocenters. The third-order valence-electron chi connectivity index (χ3n) is 11.4. The van der Waals surface area contributed by atoms with Gasteiger partial charge in [0.1, 0.15) is 11.6 Å². The number of Topliss-reactive ketones (excluding diaryl/α,β-unsaturated/α-hetero) is 2. The van der Waals surface area contributed by atoms with E-state index in [0.29, 0.717) is 24.4 Å². The molecule has 0 aliphatic heterocycles.